The molecule has 0 bridgehead atoms. The fraction of sp³-hybridized carbons (Fsp3) is 0.174. The SMILES string of the molecule is COc1ccc(S(=O)(=O)N(C)c2ccc(C(=O)Nc3cccc(C)c3C)cc2)cc1. The van der Waals surface area contributed by atoms with Crippen LogP contribution in [0.5, 0.6) is 5.75 Å². The van der Waals surface area contributed by atoms with Gasteiger partial charge in [-0.1, -0.05) is 12.1 Å². The fourth-order valence-electron chi connectivity index (χ4n) is 2.95. The largest absolute Gasteiger partial charge is 0.497 e. The van der Waals surface area contributed by atoms with E-state index in [1.807, 2.05) is 32.0 Å². The number of carbonyl (C=O) groups is 1. The zero-order valence-electron chi connectivity index (χ0n) is 17.3. The Labute approximate surface area is 177 Å². The first-order chi connectivity index (χ1) is 14.2. The predicted octanol–water partition coefficient (Wildman–Crippen LogP) is 4.39. The molecular weight excluding hydrogens is 400 g/mol. The summed E-state index contributed by atoms with van der Waals surface area (Å²) in [5.41, 5.74) is 3.74. The van der Waals surface area contributed by atoms with Crippen molar-refractivity contribution in [1.82, 2.24) is 0 Å². The number of hydrogen-bond acceptors (Lipinski definition) is 4. The summed E-state index contributed by atoms with van der Waals surface area (Å²) in [6.07, 6.45) is 0. The molecule has 1 N–H and O–H groups in total. The van der Waals surface area contributed by atoms with Crippen LogP contribution in [0.2, 0.25) is 0 Å². The molecule has 0 aliphatic carbocycles. The predicted molar refractivity (Wildman–Crippen MR) is 119 cm³/mol. The van der Waals surface area contributed by atoms with Crippen molar-refractivity contribution >= 4 is 27.3 Å². The Hall–Kier alpha value is -3.32. The summed E-state index contributed by atoms with van der Waals surface area (Å²) in [6, 6.07) is 18.3. The third-order valence-electron chi connectivity index (χ3n) is 5.06. The summed E-state index contributed by atoms with van der Waals surface area (Å²) in [5, 5.41) is 2.90. The van der Waals surface area contributed by atoms with E-state index in [-0.39, 0.29) is 10.8 Å². The lowest BCUT2D eigenvalue weighted by Crippen LogP contribution is -2.26. The van der Waals surface area contributed by atoms with Gasteiger partial charge in [-0.15, -0.1) is 0 Å². The topological polar surface area (TPSA) is 75.7 Å². The number of anilines is 2. The molecule has 1 amide bonds. The average molecular weight is 425 g/mol. The van der Waals surface area contributed by atoms with Gasteiger partial charge < -0.3 is 10.1 Å². The number of ether oxygens (including phenoxy) is 1. The molecule has 6 nitrogen and oxygen atoms in total. The van der Waals surface area contributed by atoms with Crippen LogP contribution >= 0.6 is 0 Å². The molecule has 3 aromatic carbocycles. The number of rotatable bonds is 6. The van der Waals surface area contributed by atoms with Gasteiger partial charge in [0.05, 0.1) is 17.7 Å². The van der Waals surface area contributed by atoms with Crippen molar-refractivity contribution in [3.05, 3.63) is 83.4 Å². The maximum atomic E-state index is 12.9. The Morgan fingerprint density at radius 1 is 0.933 bits per heavy atom. The minimum atomic E-state index is -3.73. The molecular formula is C23H24N2O4S. The van der Waals surface area contributed by atoms with Crippen LogP contribution in [-0.4, -0.2) is 28.5 Å². The molecule has 0 unspecified atom stereocenters. The standard InChI is InChI=1S/C23H24N2O4S/c1-16-6-5-7-22(17(16)2)24-23(26)18-8-10-19(11-9-18)25(3)30(27,28)21-14-12-20(29-4)13-15-21/h5-15H,1-4H3,(H,24,26). The molecule has 0 saturated carbocycles. The van der Waals surface area contributed by atoms with E-state index < -0.39 is 10.0 Å². The zero-order chi connectivity index (χ0) is 21.9. The first kappa shape index (κ1) is 21.4. The molecule has 0 saturated heterocycles. The summed E-state index contributed by atoms with van der Waals surface area (Å²) in [4.78, 5) is 12.7. The van der Waals surface area contributed by atoms with Crippen LogP contribution in [0.15, 0.2) is 71.6 Å². The number of benzene rings is 3. The van der Waals surface area contributed by atoms with Gasteiger partial charge in [0.1, 0.15) is 5.75 Å². The molecule has 0 radical (unpaired) electrons. The number of nitrogens with zero attached hydrogens (tertiary/aromatic N) is 1. The molecule has 3 rings (SSSR count). The van der Waals surface area contributed by atoms with Crippen molar-refractivity contribution in [3.8, 4) is 5.75 Å². The molecule has 0 aromatic heterocycles. The molecule has 0 atom stereocenters. The molecule has 0 aliphatic rings. The number of sulfonamides is 1. The van der Waals surface area contributed by atoms with E-state index in [0.29, 0.717) is 17.0 Å². The van der Waals surface area contributed by atoms with Crippen LogP contribution in [0.4, 0.5) is 11.4 Å². The molecule has 30 heavy (non-hydrogen) atoms. The van der Waals surface area contributed by atoms with Crippen LogP contribution in [0.1, 0.15) is 21.5 Å². The number of hydrogen-bond donors (Lipinski definition) is 1. The van der Waals surface area contributed by atoms with Gasteiger partial charge in [0.2, 0.25) is 0 Å². The van der Waals surface area contributed by atoms with Gasteiger partial charge in [-0.25, -0.2) is 8.42 Å². The number of carbonyl (C=O) groups excluding carboxylic acids is 1. The van der Waals surface area contributed by atoms with Crippen molar-refractivity contribution in [2.45, 2.75) is 18.7 Å². The van der Waals surface area contributed by atoms with E-state index in [2.05, 4.69) is 5.32 Å². The van der Waals surface area contributed by atoms with Crippen LogP contribution < -0.4 is 14.4 Å². The van der Waals surface area contributed by atoms with Gasteiger partial charge >= 0.3 is 0 Å². The average Bonchev–Trinajstić information content (AvgIpc) is 2.76. The highest BCUT2D eigenvalue weighted by molar-refractivity contribution is 7.92. The minimum Gasteiger partial charge on any atom is -0.497 e. The zero-order valence-corrected chi connectivity index (χ0v) is 18.2. The van der Waals surface area contributed by atoms with E-state index >= 15 is 0 Å². The van der Waals surface area contributed by atoms with Crippen molar-refractivity contribution in [2.75, 3.05) is 23.8 Å². The van der Waals surface area contributed by atoms with E-state index in [1.165, 1.54) is 30.6 Å². The maximum absolute atomic E-state index is 12.9. The van der Waals surface area contributed by atoms with Gasteiger partial charge in [0, 0.05) is 18.3 Å². The smallest absolute Gasteiger partial charge is 0.264 e. The Kier molecular flexibility index (Phi) is 6.12. The molecule has 0 aliphatic heterocycles. The first-order valence-corrected chi connectivity index (χ1v) is 10.8. The van der Waals surface area contributed by atoms with Crippen LogP contribution in [0.3, 0.4) is 0 Å². The van der Waals surface area contributed by atoms with E-state index in [1.54, 1.807) is 36.4 Å². The molecule has 3 aromatic rings. The van der Waals surface area contributed by atoms with Crippen molar-refractivity contribution in [2.24, 2.45) is 0 Å². The van der Waals surface area contributed by atoms with Gasteiger partial charge in [-0.3, -0.25) is 9.10 Å². The maximum Gasteiger partial charge on any atom is 0.264 e. The Bertz CT molecular complexity index is 1150. The molecule has 7 heteroatoms. The quantitative estimate of drug-likeness (QED) is 0.637. The van der Waals surface area contributed by atoms with Crippen molar-refractivity contribution in [1.29, 1.82) is 0 Å². The lowest BCUT2D eigenvalue weighted by Gasteiger charge is -2.20. The van der Waals surface area contributed by atoms with Crippen LogP contribution in [-0.2, 0) is 10.0 Å². The van der Waals surface area contributed by atoms with E-state index in [4.69, 9.17) is 4.74 Å². The Balaban J connectivity index is 1.78. The number of aryl methyl sites for hydroxylation is 1. The second-order valence-corrected chi connectivity index (χ2v) is 8.87. The van der Waals surface area contributed by atoms with Gasteiger partial charge in [-0.05, 0) is 79.6 Å². The summed E-state index contributed by atoms with van der Waals surface area (Å²) in [5.74, 6) is 0.326. The Morgan fingerprint density at radius 3 is 2.17 bits per heavy atom. The highest BCUT2D eigenvalue weighted by Crippen LogP contribution is 2.25. The minimum absolute atomic E-state index is 0.155. The first-order valence-electron chi connectivity index (χ1n) is 9.34. The fourth-order valence-corrected chi connectivity index (χ4v) is 4.14. The third kappa shape index (κ3) is 4.31. The Morgan fingerprint density at radius 2 is 1.57 bits per heavy atom. The van der Waals surface area contributed by atoms with E-state index in [9.17, 15) is 13.2 Å². The summed E-state index contributed by atoms with van der Waals surface area (Å²) in [7, 11) is -0.733. The number of nitrogens with one attached hydrogen (secondary N) is 1. The van der Waals surface area contributed by atoms with Crippen LogP contribution in [0, 0.1) is 13.8 Å². The van der Waals surface area contributed by atoms with Gasteiger partial charge in [0.15, 0.2) is 0 Å². The van der Waals surface area contributed by atoms with Crippen molar-refractivity contribution < 1.29 is 17.9 Å². The highest BCUT2D eigenvalue weighted by Gasteiger charge is 2.21. The lowest BCUT2D eigenvalue weighted by atomic mass is 10.1. The number of amides is 1. The molecule has 0 spiro atoms. The third-order valence-corrected chi connectivity index (χ3v) is 6.86. The summed E-state index contributed by atoms with van der Waals surface area (Å²) < 4.78 is 32.0. The molecule has 0 heterocycles. The summed E-state index contributed by atoms with van der Waals surface area (Å²) >= 11 is 0. The molecule has 0 fully saturated rings. The van der Waals surface area contributed by atoms with Gasteiger partial charge in [-0.2, -0.15) is 0 Å². The van der Waals surface area contributed by atoms with Gasteiger partial charge in [0.25, 0.3) is 15.9 Å². The lowest BCUT2D eigenvalue weighted by molar-refractivity contribution is 0.102. The molecule has 156 valence electrons. The van der Waals surface area contributed by atoms with Crippen molar-refractivity contribution in [3.63, 3.8) is 0 Å². The van der Waals surface area contributed by atoms with Crippen LogP contribution in [0.25, 0.3) is 0 Å². The van der Waals surface area contributed by atoms with E-state index in [0.717, 1.165) is 16.8 Å². The second kappa shape index (κ2) is 8.59. The normalized spacial score (nSPS) is 11.1. The monoisotopic (exact) mass is 424 g/mol. The highest BCUT2D eigenvalue weighted by atomic mass is 32.2. The summed E-state index contributed by atoms with van der Waals surface area (Å²) in [6.45, 7) is 3.94. The number of methoxy groups -OCH3 is 1. The second-order valence-electron chi connectivity index (χ2n) is 6.90.